The first-order valence-corrected chi connectivity index (χ1v) is 11.2. The molecule has 12 heteroatoms. The van der Waals surface area contributed by atoms with Gasteiger partial charge in [0.1, 0.15) is 35.8 Å². The van der Waals surface area contributed by atoms with Gasteiger partial charge in [-0.25, -0.2) is 15.0 Å². The topological polar surface area (TPSA) is 166 Å². The largest absolute Gasteiger partial charge is 0.387 e. The summed E-state index contributed by atoms with van der Waals surface area (Å²) in [6, 6.07) is 12.8. The molecule has 0 bridgehead atoms. The van der Waals surface area contributed by atoms with E-state index in [0.717, 1.165) is 5.39 Å². The lowest BCUT2D eigenvalue weighted by Gasteiger charge is -2.17. The van der Waals surface area contributed by atoms with Gasteiger partial charge in [0.2, 0.25) is 0 Å². The van der Waals surface area contributed by atoms with Crippen LogP contribution in [0.1, 0.15) is 6.23 Å². The van der Waals surface area contributed by atoms with Crippen molar-refractivity contribution in [1.29, 1.82) is 0 Å². The molecule has 0 aliphatic carbocycles. The summed E-state index contributed by atoms with van der Waals surface area (Å²) >= 11 is 0. The van der Waals surface area contributed by atoms with Gasteiger partial charge in [-0.3, -0.25) is 9.48 Å². The van der Waals surface area contributed by atoms with Crippen LogP contribution in [0.2, 0.25) is 0 Å². The molecule has 1 aliphatic rings. The SMILES string of the molecule is Cn1ccc(-c2cn([C@@H]3O[C@H](C(=O)Nc4ccc5ccccc5n4)[C@@H](O)[C@H]3O)c3ncnc(N)c23)n1. The van der Waals surface area contributed by atoms with Crippen LogP contribution in [0.3, 0.4) is 0 Å². The Morgan fingerprint density at radius 3 is 2.75 bits per heavy atom. The van der Waals surface area contributed by atoms with Crippen molar-refractivity contribution in [1.82, 2.24) is 29.3 Å². The minimum atomic E-state index is -1.50. The van der Waals surface area contributed by atoms with Gasteiger partial charge in [-0.05, 0) is 24.3 Å². The summed E-state index contributed by atoms with van der Waals surface area (Å²) in [5.74, 6) is -0.108. The second kappa shape index (κ2) is 8.37. The van der Waals surface area contributed by atoms with Crippen LogP contribution < -0.4 is 11.1 Å². The number of nitrogens with one attached hydrogen (secondary N) is 1. The number of carbonyl (C=O) groups is 1. The van der Waals surface area contributed by atoms with Gasteiger partial charge in [0.25, 0.3) is 5.91 Å². The van der Waals surface area contributed by atoms with Crippen molar-refractivity contribution in [3.63, 3.8) is 0 Å². The molecule has 36 heavy (non-hydrogen) atoms. The normalized spacial score (nSPS) is 21.9. The Hall–Kier alpha value is -4.39. The first kappa shape index (κ1) is 22.1. The first-order chi connectivity index (χ1) is 17.4. The molecule has 1 amide bonds. The number of pyridine rings is 1. The highest BCUT2D eigenvalue weighted by molar-refractivity contribution is 6.00. The zero-order chi connectivity index (χ0) is 25.0. The number of rotatable bonds is 4. The number of ether oxygens (including phenoxy) is 1. The first-order valence-electron chi connectivity index (χ1n) is 11.2. The van der Waals surface area contributed by atoms with E-state index in [1.165, 1.54) is 10.9 Å². The zero-order valence-corrected chi connectivity index (χ0v) is 19.1. The second-order valence-corrected chi connectivity index (χ2v) is 8.59. The standard InChI is InChI=1S/C24H22N8O4/c1-31-9-8-15(30-31)13-10-32(22-17(13)21(25)26-11-27-22)24-19(34)18(33)20(36-24)23(35)29-16-7-6-12-4-2-3-5-14(12)28-16/h2-11,18-20,24,33-34H,1H3,(H2,25,26,27)(H,28,29,35)/t18-,19+,20-,24+/m0/s1. The number of aromatic nitrogens is 6. The van der Waals surface area contributed by atoms with Crippen LogP contribution in [0.15, 0.2) is 61.2 Å². The number of para-hydroxylation sites is 1. The monoisotopic (exact) mass is 486 g/mol. The van der Waals surface area contributed by atoms with E-state index in [-0.39, 0.29) is 5.82 Å². The molecule has 4 atom stereocenters. The molecule has 1 fully saturated rings. The molecular formula is C24H22N8O4. The third-order valence-electron chi connectivity index (χ3n) is 6.25. The molecule has 12 nitrogen and oxygen atoms in total. The summed E-state index contributed by atoms with van der Waals surface area (Å²) in [4.78, 5) is 25.8. The summed E-state index contributed by atoms with van der Waals surface area (Å²) in [6.45, 7) is 0. The summed E-state index contributed by atoms with van der Waals surface area (Å²) in [5, 5.41) is 30.1. The summed E-state index contributed by atoms with van der Waals surface area (Å²) < 4.78 is 9.07. The number of nitrogens with zero attached hydrogens (tertiary/aromatic N) is 6. The van der Waals surface area contributed by atoms with E-state index in [2.05, 4.69) is 25.4 Å². The van der Waals surface area contributed by atoms with Crippen molar-refractivity contribution in [2.24, 2.45) is 7.05 Å². The molecule has 182 valence electrons. The van der Waals surface area contributed by atoms with Gasteiger partial charge in [-0.1, -0.05) is 18.2 Å². The number of hydrogen-bond donors (Lipinski definition) is 4. The predicted octanol–water partition coefficient (Wildman–Crippen LogP) is 1.22. The fourth-order valence-electron chi connectivity index (χ4n) is 4.49. The van der Waals surface area contributed by atoms with Crippen LogP contribution >= 0.6 is 0 Å². The third kappa shape index (κ3) is 3.55. The van der Waals surface area contributed by atoms with Crippen LogP contribution in [-0.4, -0.2) is 63.7 Å². The number of aryl methyl sites for hydroxylation is 1. The second-order valence-electron chi connectivity index (χ2n) is 8.59. The van der Waals surface area contributed by atoms with Gasteiger partial charge in [0, 0.05) is 30.4 Å². The molecule has 1 aliphatic heterocycles. The molecular weight excluding hydrogens is 464 g/mol. The van der Waals surface area contributed by atoms with Crippen molar-refractivity contribution in [2.45, 2.75) is 24.5 Å². The molecule has 5 heterocycles. The maximum Gasteiger partial charge on any atom is 0.257 e. The molecule has 0 saturated carbocycles. The van der Waals surface area contributed by atoms with E-state index in [1.54, 1.807) is 36.3 Å². The highest BCUT2D eigenvalue weighted by Gasteiger charge is 2.48. The number of anilines is 2. The molecule has 5 N–H and O–H groups in total. The Morgan fingerprint density at radius 1 is 1.11 bits per heavy atom. The fraction of sp³-hybridized carbons (Fsp3) is 0.208. The van der Waals surface area contributed by atoms with Crippen molar-refractivity contribution >= 4 is 39.5 Å². The molecule has 6 rings (SSSR count). The lowest BCUT2D eigenvalue weighted by molar-refractivity contribution is -0.132. The number of fused-ring (bicyclic) bond motifs is 2. The number of aliphatic hydroxyl groups excluding tert-OH is 2. The predicted molar refractivity (Wildman–Crippen MR) is 130 cm³/mol. The summed E-state index contributed by atoms with van der Waals surface area (Å²) in [7, 11) is 1.79. The number of amides is 1. The number of hydrogen-bond acceptors (Lipinski definition) is 9. The van der Waals surface area contributed by atoms with E-state index in [4.69, 9.17) is 10.5 Å². The number of nitrogens with two attached hydrogens (primary N) is 1. The summed E-state index contributed by atoms with van der Waals surface area (Å²) in [6.07, 6.45) is -0.639. The van der Waals surface area contributed by atoms with Gasteiger partial charge >= 0.3 is 0 Å². The minimum Gasteiger partial charge on any atom is -0.387 e. The summed E-state index contributed by atoms with van der Waals surface area (Å²) in [5.41, 5.74) is 8.48. The van der Waals surface area contributed by atoms with Crippen molar-refractivity contribution in [3.05, 3.63) is 61.2 Å². The van der Waals surface area contributed by atoms with Crippen LogP contribution in [0.5, 0.6) is 0 Å². The Kier molecular flexibility index (Phi) is 5.14. The van der Waals surface area contributed by atoms with Crippen LogP contribution in [-0.2, 0) is 16.6 Å². The van der Waals surface area contributed by atoms with Crippen molar-refractivity contribution < 1.29 is 19.7 Å². The average molecular weight is 486 g/mol. The average Bonchev–Trinajstić information content (AvgIpc) is 3.55. The van der Waals surface area contributed by atoms with E-state index >= 15 is 0 Å². The number of nitrogen functional groups attached to an aromatic ring is 1. The van der Waals surface area contributed by atoms with Gasteiger partial charge < -0.3 is 30.6 Å². The molecule has 4 aromatic heterocycles. The quantitative estimate of drug-likeness (QED) is 0.292. The van der Waals surface area contributed by atoms with E-state index in [9.17, 15) is 15.0 Å². The number of aliphatic hydroxyl groups is 2. The Labute approximate surface area is 204 Å². The lowest BCUT2D eigenvalue weighted by Crippen LogP contribution is -2.39. The third-order valence-corrected chi connectivity index (χ3v) is 6.25. The maximum atomic E-state index is 13.0. The molecule has 0 spiro atoms. The molecule has 1 aromatic carbocycles. The molecule has 1 saturated heterocycles. The lowest BCUT2D eigenvalue weighted by atomic mass is 10.1. The zero-order valence-electron chi connectivity index (χ0n) is 19.1. The Morgan fingerprint density at radius 2 is 1.94 bits per heavy atom. The number of benzene rings is 1. The van der Waals surface area contributed by atoms with Crippen LogP contribution in [0.4, 0.5) is 11.6 Å². The van der Waals surface area contributed by atoms with Crippen LogP contribution in [0, 0.1) is 0 Å². The van der Waals surface area contributed by atoms with E-state index < -0.39 is 30.4 Å². The van der Waals surface area contributed by atoms with Gasteiger partial charge in [-0.15, -0.1) is 0 Å². The molecule has 0 unspecified atom stereocenters. The van der Waals surface area contributed by atoms with Crippen molar-refractivity contribution in [2.75, 3.05) is 11.1 Å². The van der Waals surface area contributed by atoms with Gasteiger partial charge in [0.15, 0.2) is 12.3 Å². The molecule has 5 aromatic rings. The Balaban J connectivity index is 1.32. The van der Waals surface area contributed by atoms with E-state index in [0.29, 0.717) is 33.6 Å². The smallest absolute Gasteiger partial charge is 0.257 e. The highest BCUT2D eigenvalue weighted by atomic mass is 16.6. The maximum absolute atomic E-state index is 13.0. The fourth-order valence-corrected chi connectivity index (χ4v) is 4.49. The highest BCUT2D eigenvalue weighted by Crippen LogP contribution is 2.38. The number of carbonyl (C=O) groups excluding carboxylic acids is 1. The van der Waals surface area contributed by atoms with Crippen molar-refractivity contribution in [3.8, 4) is 11.3 Å². The van der Waals surface area contributed by atoms with Gasteiger partial charge in [-0.2, -0.15) is 5.10 Å². The molecule has 0 radical (unpaired) electrons. The van der Waals surface area contributed by atoms with Gasteiger partial charge in [0.05, 0.1) is 16.6 Å². The minimum absolute atomic E-state index is 0.226. The Bertz CT molecular complexity index is 1610. The van der Waals surface area contributed by atoms with Crippen LogP contribution in [0.25, 0.3) is 33.2 Å². The van der Waals surface area contributed by atoms with E-state index in [1.807, 2.05) is 30.3 Å².